The third-order valence-corrected chi connectivity index (χ3v) is 8.70. The molecule has 11 nitrogen and oxygen atoms in total. The summed E-state index contributed by atoms with van der Waals surface area (Å²) in [6.45, 7) is 6.41. The lowest BCUT2D eigenvalue weighted by molar-refractivity contribution is -0.253. The molecule has 5 rings (SSSR count). The molecular weight excluding hydrogens is 416 g/mol. The Morgan fingerprint density at radius 1 is 1.16 bits per heavy atom. The van der Waals surface area contributed by atoms with E-state index in [1.54, 1.807) is 20.8 Å². The largest absolute Gasteiger partial charge is 0.481 e. The van der Waals surface area contributed by atoms with E-state index in [1.807, 2.05) is 0 Å². The molecule has 2 spiro atoms. The lowest BCUT2D eigenvalue weighted by atomic mass is 9.51. The van der Waals surface area contributed by atoms with Crippen LogP contribution < -0.4 is 0 Å². The van der Waals surface area contributed by atoms with Crippen molar-refractivity contribution in [2.24, 2.45) is 28.1 Å². The van der Waals surface area contributed by atoms with Gasteiger partial charge < -0.3 is 39.7 Å². The molecule has 31 heavy (non-hydrogen) atoms. The molecule has 0 radical (unpaired) electrons. The summed E-state index contributed by atoms with van der Waals surface area (Å²) in [6, 6.07) is 0. The fourth-order valence-electron chi connectivity index (χ4n) is 7.88. The minimum Gasteiger partial charge on any atom is -0.481 e. The van der Waals surface area contributed by atoms with Gasteiger partial charge in [0.15, 0.2) is 6.10 Å². The van der Waals surface area contributed by atoms with Crippen molar-refractivity contribution in [3.63, 3.8) is 0 Å². The molecule has 3 saturated heterocycles. The molecular formula is C20H26O11. The van der Waals surface area contributed by atoms with Gasteiger partial charge in [0.05, 0.1) is 29.0 Å². The van der Waals surface area contributed by atoms with Crippen molar-refractivity contribution < 1.29 is 54.1 Å². The molecule has 0 aromatic carbocycles. The summed E-state index contributed by atoms with van der Waals surface area (Å²) in [4.78, 5) is 37.7. The fraction of sp³-hybridized carbons (Fsp3) is 0.850. The van der Waals surface area contributed by atoms with Crippen LogP contribution in [-0.2, 0) is 28.6 Å². The number of carbonyl (C=O) groups is 3. The lowest BCUT2D eigenvalue weighted by Gasteiger charge is -2.46. The maximum absolute atomic E-state index is 13.3. The minimum atomic E-state index is -2.67. The number of aliphatic hydroxyl groups is 4. The normalized spacial score (nSPS) is 55.5. The van der Waals surface area contributed by atoms with E-state index < -0.39 is 94.3 Å². The van der Waals surface area contributed by atoms with Gasteiger partial charge in [0.25, 0.3) is 0 Å². The van der Waals surface area contributed by atoms with Crippen molar-refractivity contribution >= 4 is 17.9 Å². The molecule has 0 aromatic heterocycles. The minimum absolute atomic E-state index is 0.439. The van der Waals surface area contributed by atoms with Gasteiger partial charge in [-0.25, -0.2) is 9.59 Å². The van der Waals surface area contributed by atoms with E-state index in [-0.39, 0.29) is 0 Å². The quantitative estimate of drug-likeness (QED) is 0.303. The number of esters is 2. The molecule has 5 N–H and O–H groups in total. The van der Waals surface area contributed by atoms with Gasteiger partial charge in [-0.3, -0.25) is 4.79 Å². The van der Waals surface area contributed by atoms with Gasteiger partial charge in [-0.1, -0.05) is 20.8 Å². The zero-order chi connectivity index (χ0) is 23.1. The summed E-state index contributed by atoms with van der Waals surface area (Å²) in [6.07, 6.45) is -8.37. The number of ether oxygens (including phenoxy) is 3. The van der Waals surface area contributed by atoms with Crippen molar-refractivity contribution in [2.75, 3.05) is 0 Å². The van der Waals surface area contributed by atoms with Gasteiger partial charge in [0, 0.05) is 5.92 Å². The zero-order valence-electron chi connectivity index (χ0n) is 17.4. The van der Waals surface area contributed by atoms with Crippen LogP contribution in [0.15, 0.2) is 0 Å². The fourth-order valence-corrected chi connectivity index (χ4v) is 7.88. The van der Waals surface area contributed by atoms with E-state index in [1.165, 1.54) is 0 Å². The van der Waals surface area contributed by atoms with Crippen molar-refractivity contribution in [3.05, 3.63) is 0 Å². The second kappa shape index (κ2) is 5.40. The highest BCUT2D eigenvalue weighted by atomic mass is 16.8. The van der Waals surface area contributed by atoms with Gasteiger partial charge in [-0.2, -0.15) is 0 Å². The van der Waals surface area contributed by atoms with Crippen molar-refractivity contribution in [1.82, 2.24) is 0 Å². The first kappa shape index (κ1) is 21.1. The second-order valence-corrected chi connectivity index (χ2v) is 10.6. The van der Waals surface area contributed by atoms with Crippen molar-refractivity contribution in [2.45, 2.75) is 76.0 Å². The molecule has 2 saturated carbocycles. The topological polar surface area (TPSA) is 180 Å². The molecule has 3 aliphatic heterocycles. The van der Waals surface area contributed by atoms with E-state index in [0.717, 1.165) is 6.92 Å². The second-order valence-electron chi connectivity index (χ2n) is 10.6. The number of aliphatic carboxylic acids is 1. The molecule has 172 valence electrons. The molecule has 0 amide bonds. The highest BCUT2D eigenvalue weighted by Crippen LogP contribution is 2.83. The van der Waals surface area contributed by atoms with Gasteiger partial charge in [-0.05, 0) is 18.8 Å². The highest BCUT2D eigenvalue weighted by molar-refractivity contribution is 5.92. The van der Waals surface area contributed by atoms with E-state index in [0.29, 0.717) is 0 Å². The first-order valence-corrected chi connectivity index (χ1v) is 10.3. The van der Waals surface area contributed by atoms with Crippen LogP contribution in [0, 0.1) is 28.1 Å². The number of aliphatic hydroxyl groups excluding tert-OH is 3. The molecule has 2 aliphatic carbocycles. The van der Waals surface area contributed by atoms with Crippen LogP contribution in [0.3, 0.4) is 0 Å². The standard InChI is InChI=1S/C20H26O11/c1-6(12(24)25)19(28)7(21)5-17-11-8(22)9(16(2,3)4)18(17)10(23)13(26)30-15(18)31-20(17,19)14(27)29-11/h6-11,15,21-23,28H,5H2,1-4H3,(H,24,25)/t6-,7+,8-,9+,10+,11?,15?,17?,18?,19-,20?/m1/s1. The smallest absolute Gasteiger partial charge is 0.342 e. The van der Waals surface area contributed by atoms with Gasteiger partial charge >= 0.3 is 17.9 Å². The van der Waals surface area contributed by atoms with E-state index >= 15 is 0 Å². The molecule has 5 fully saturated rings. The van der Waals surface area contributed by atoms with Crippen LogP contribution in [0.2, 0.25) is 0 Å². The van der Waals surface area contributed by atoms with Crippen molar-refractivity contribution in [3.8, 4) is 0 Å². The Bertz CT molecular complexity index is 911. The monoisotopic (exact) mass is 442 g/mol. The first-order chi connectivity index (χ1) is 14.2. The third-order valence-electron chi connectivity index (χ3n) is 8.70. The van der Waals surface area contributed by atoms with E-state index in [4.69, 9.17) is 14.2 Å². The molecule has 5 unspecified atom stereocenters. The van der Waals surface area contributed by atoms with Gasteiger partial charge in [0.2, 0.25) is 11.9 Å². The maximum atomic E-state index is 13.3. The average Bonchev–Trinajstić information content (AvgIpc) is 3.27. The molecule has 0 aromatic rings. The Balaban J connectivity index is 1.88. The Morgan fingerprint density at radius 3 is 2.32 bits per heavy atom. The van der Waals surface area contributed by atoms with Gasteiger partial charge in [-0.15, -0.1) is 0 Å². The molecule has 5 aliphatic rings. The van der Waals surface area contributed by atoms with Crippen LogP contribution >= 0.6 is 0 Å². The number of carbonyl (C=O) groups excluding carboxylic acids is 2. The van der Waals surface area contributed by atoms with Crippen LogP contribution in [0.4, 0.5) is 0 Å². The SMILES string of the molecule is C[C@H](C(=O)O)[C@@]1(O)[C@@H](O)CC23C4OC(=O)C21OC1OC(=O)[C@H](O)C13[C@H](C(C)(C)C)[C@H]4O. The summed E-state index contributed by atoms with van der Waals surface area (Å²) < 4.78 is 16.8. The third kappa shape index (κ3) is 1.69. The zero-order valence-corrected chi connectivity index (χ0v) is 17.4. The number of hydrogen-bond donors (Lipinski definition) is 5. The number of rotatable bonds is 2. The van der Waals surface area contributed by atoms with Crippen LogP contribution in [-0.4, -0.2) is 85.3 Å². The number of hydrogen-bond acceptors (Lipinski definition) is 10. The summed E-state index contributed by atoms with van der Waals surface area (Å²) in [5.74, 6) is -6.29. The predicted molar refractivity (Wildman–Crippen MR) is 95.8 cm³/mol. The van der Waals surface area contributed by atoms with Crippen molar-refractivity contribution in [1.29, 1.82) is 0 Å². The van der Waals surface area contributed by atoms with E-state index in [9.17, 15) is 39.9 Å². The number of carboxylic acids is 1. The Kier molecular flexibility index (Phi) is 3.67. The Morgan fingerprint density at radius 2 is 1.77 bits per heavy atom. The Labute approximate surface area is 176 Å². The summed E-state index contributed by atoms with van der Waals surface area (Å²) in [7, 11) is 0. The first-order valence-electron chi connectivity index (χ1n) is 10.3. The van der Waals surface area contributed by atoms with Crippen LogP contribution in [0.25, 0.3) is 0 Å². The van der Waals surface area contributed by atoms with Gasteiger partial charge in [0.1, 0.15) is 11.7 Å². The maximum Gasteiger partial charge on any atom is 0.342 e. The Hall–Kier alpha value is -1.79. The lowest BCUT2D eigenvalue weighted by Crippen LogP contribution is -2.68. The molecule has 3 heterocycles. The van der Waals surface area contributed by atoms with Crippen LogP contribution in [0.1, 0.15) is 34.1 Å². The van der Waals surface area contributed by atoms with Crippen LogP contribution in [0.5, 0.6) is 0 Å². The molecule has 11 atom stereocenters. The highest BCUT2D eigenvalue weighted by Gasteiger charge is 3.01. The predicted octanol–water partition coefficient (Wildman–Crippen LogP) is -1.85. The summed E-state index contributed by atoms with van der Waals surface area (Å²) in [5, 5.41) is 54.8. The molecule has 11 heteroatoms. The number of carboxylic acid groups (broad SMARTS) is 1. The van der Waals surface area contributed by atoms with E-state index in [2.05, 4.69) is 0 Å². The average molecular weight is 442 g/mol. The molecule has 0 bridgehead atoms. The summed E-state index contributed by atoms with van der Waals surface area (Å²) >= 11 is 0. The summed E-state index contributed by atoms with van der Waals surface area (Å²) in [5.41, 5.74) is -9.47.